The standard InChI is InChI=1S/C24H22FN3O4/c1-2-32-15-8-6-14(7-9-15)28-21(29)19-18-4-3-11-27(18)24(20(19)22(28)30)16-12-13(25)5-10-17(16)26-23(24)31/h5-10,12,18-20H,2-4,11H2,1H3,(H,26,31). The first-order valence-corrected chi connectivity index (χ1v) is 11.0. The summed E-state index contributed by atoms with van der Waals surface area (Å²) in [6.45, 7) is 2.98. The Kier molecular flexibility index (Phi) is 4.02. The number of fused-ring (bicyclic) bond motifs is 7. The monoisotopic (exact) mass is 435 g/mol. The zero-order valence-corrected chi connectivity index (χ0v) is 17.5. The fourth-order valence-corrected chi connectivity index (χ4v) is 6.29. The molecule has 8 heteroatoms. The second-order valence-corrected chi connectivity index (χ2v) is 8.76. The molecule has 6 rings (SSSR count). The van der Waals surface area contributed by atoms with Crippen molar-refractivity contribution < 1.29 is 23.5 Å². The normalized spacial score (nSPS) is 30.6. The number of benzene rings is 2. The summed E-state index contributed by atoms with van der Waals surface area (Å²) in [6, 6.07) is 10.7. The molecule has 0 radical (unpaired) electrons. The van der Waals surface area contributed by atoms with Crippen molar-refractivity contribution in [2.24, 2.45) is 11.8 Å². The molecule has 164 valence electrons. The van der Waals surface area contributed by atoms with E-state index < -0.39 is 29.1 Å². The number of nitrogens with zero attached hydrogens (tertiary/aromatic N) is 2. The maximum atomic E-state index is 14.3. The Morgan fingerprint density at radius 1 is 1.12 bits per heavy atom. The third-order valence-corrected chi connectivity index (χ3v) is 7.36. The van der Waals surface area contributed by atoms with Crippen LogP contribution in [-0.2, 0) is 19.9 Å². The summed E-state index contributed by atoms with van der Waals surface area (Å²) in [6.07, 6.45) is 1.54. The van der Waals surface area contributed by atoms with Gasteiger partial charge in [0, 0.05) is 17.3 Å². The fourth-order valence-electron chi connectivity index (χ4n) is 6.29. The molecule has 1 N–H and O–H groups in total. The predicted molar refractivity (Wildman–Crippen MR) is 114 cm³/mol. The molecule has 3 saturated heterocycles. The van der Waals surface area contributed by atoms with Gasteiger partial charge in [-0.15, -0.1) is 0 Å². The molecule has 0 aromatic heterocycles. The number of carbonyl (C=O) groups is 3. The van der Waals surface area contributed by atoms with Crippen LogP contribution in [0.15, 0.2) is 42.5 Å². The number of anilines is 2. The van der Waals surface area contributed by atoms with E-state index in [4.69, 9.17) is 4.74 Å². The maximum absolute atomic E-state index is 14.3. The summed E-state index contributed by atoms with van der Waals surface area (Å²) < 4.78 is 19.8. The van der Waals surface area contributed by atoms with E-state index in [2.05, 4.69) is 5.32 Å². The minimum absolute atomic E-state index is 0.232. The zero-order valence-electron chi connectivity index (χ0n) is 17.5. The van der Waals surface area contributed by atoms with Crippen LogP contribution in [0.2, 0.25) is 0 Å². The molecule has 4 aliphatic rings. The van der Waals surface area contributed by atoms with Crippen LogP contribution < -0.4 is 15.0 Å². The van der Waals surface area contributed by atoms with Gasteiger partial charge in [0.15, 0.2) is 0 Å². The molecule has 2 aromatic carbocycles. The van der Waals surface area contributed by atoms with Crippen LogP contribution in [0.1, 0.15) is 25.3 Å². The Morgan fingerprint density at radius 3 is 2.66 bits per heavy atom. The van der Waals surface area contributed by atoms with Crippen molar-refractivity contribution in [1.82, 2.24) is 4.90 Å². The number of halogens is 1. The molecule has 3 fully saturated rings. The third-order valence-electron chi connectivity index (χ3n) is 7.36. The average molecular weight is 435 g/mol. The Bertz CT molecular complexity index is 1170. The molecule has 0 saturated carbocycles. The highest BCUT2D eigenvalue weighted by atomic mass is 19.1. The molecule has 4 unspecified atom stereocenters. The van der Waals surface area contributed by atoms with E-state index in [1.807, 2.05) is 11.8 Å². The van der Waals surface area contributed by atoms with Gasteiger partial charge in [-0.3, -0.25) is 19.3 Å². The SMILES string of the molecule is CCOc1ccc(N2C(=O)C3C4CCCN4C4(C(=O)Nc5ccc(F)cc54)C3C2=O)cc1. The molecular weight excluding hydrogens is 413 g/mol. The summed E-state index contributed by atoms with van der Waals surface area (Å²) >= 11 is 0. The Morgan fingerprint density at radius 2 is 1.91 bits per heavy atom. The van der Waals surface area contributed by atoms with Crippen molar-refractivity contribution in [3.63, 3.8) is 0 Å². The predicted octanol–water partition coefficient (Wildman–Crippen LogP) is 2.66. The molecule has 32 heavy (non-hydrogen) atoms. The van der Waals surface area contributed by atoms with Gasteiger partial charge in [-0.1, -0.05) is 0 Å². The molecule has 0 aliphatic carbocycles. The number of nitrogens with one attached hydrogen (secondary N) is 1. The smallest absolute Gasteiger partial charge is 0.250 e. The Labute approximate surface area is 184 Å². The lowest BCUT2D eigenvalue weighted by Gasteiger charge is -2.36. The van der Waals surface area contributed by atoms with E-state index in [1.54, 1.807) is 24.3 Å². The van der Waals surface area contributed by atoms with Crippen LogP contribution in [0.25, 0.3) is 0 Å². The summed E-state index contributed by atoms with van der Waals surface area (Å²) in [5, 5.41) is 2.85. The van der Waals surface area contributed by atoms with Gasteiger partial charge >= 0.3 is 0 Å². The lowest BCUT2D eigenvalue weighted by molar-refractivity contribution is -0.135. The van der Waals surface area contributed by atoms with E-state index in [-0.39, 0.29) is 17.9 Å². The molecule has 1 spiro atoms. The number of rotatable bonds is 3. The topological polar surface area (TPSA) is 79.0 Å². The maximum Gasteiger partial charge on any atom is 0.250 e. The van der Waals surface area contributed by atoms with Crippen molar-refractivity contribution in [2.45, 2.75) is 31.3 Å². The fraction of sp³-hybridized carbons (Fsp3) is 0.375. The summed E-state index contributed by atoms with van der Waals surface area (Å²) in [5.74, 6) is -2.42. The van der Waals surface area contributed by atoms with Crippen molar-refractivity contribution in [3.8, 4) is 5.75 Å². The van der Waals surface area contributed by atoms with Crippen molar-refractivity contribution in [1.29, 1.82) is 0 Å². The number of amides is 3. The summed E-state index contributed by atoms with van der Waals surface area (Å²) in [7, 11) is 0. The van der Waals surface area contributed by atoms with E-state index in [0.29, 0.717) is 35.8 Å². The molecule has 4 heterocycles. The quantitative estimate of drug-likeness (QED) is 0.750. The van der Waals surface area contributed by atoms with Crippen LogP contribution in [0, 0.1) is 17.7 Å². The third kappa shape index (κ3) is 2.25. The van der Waals surface area contributed by atoms with Gasteiger partial charge in [-0.25, -0.2) is 9.29 Å². The van der Waals surface area contributed by atoms with Crippen molar-refractivity contribution in [2.75, 3.05) is 23.4 Å². The molecular formula is C24H22FN3O4. The highest BCUT2D eigenvalue weighted by molar-refractivity contribution is 6.25. The minimum atomic E-state index is -1.37. The first-order chi connectivity index (χ1) is 15.5. The molecule has 3 amide bonds. The van der Waals surface area contributed by atoms with Gasteiger partial charge in [-0.05, 0) is 68.8 Å². The van der Waals surface area contributed by atoms with Crippen molar-refractivity contribution >= 4 is 29.1 Å². The van der Waals surface area contributed by atoms with Crippen LogP contribution in [0.3, 0.4) is 0 Å². The van der Waals surface area contributed by atoms with E-state index in [0.717, 1.165) is 12.8 Å². The number of ether oxygens (including phenoxy) is 1. The number of carbonyl (C=O) groups excluding carboxylic acids is 3. The van der Waals surface area contributed by atoms with Gasteiger partial charge in [0.25, 0.3) is 0 Å². The second kappa shape index (κ2) is 6.62. The Balaban J connectivity index is 1.49. The molecule has 4 atom stereocenters. The first kappa shape index (κ1) is 19.4. The number of imide groups is 1. The lowest BCUT2D eigenvalue weighted by atomic mass is 9.75. The minimum Gasteiger partial charge on any atom is -0.494 e. The van der Waals surface area contributed by atoms with Crippen LogP contribution in [0.4, 0.5) is 15.8 Å². The second-order valence-electron chi connectivity index (χ2n) is 8.76. The molecule has 0 bridgehead atoms. The van der Waals surface area contributed by atoms with Crippen LogP contribution in [-0.4, -0.2) is 41.8 Å². The molecule has 4 aliphatic heterocycles. The van der Waals surface area contributed by atoms with Crippen LogP contribution >= 0.6 is 0 Å². The average Bonchev–Trinajstić information content (AvgIpc) is 3.48. The zero-order chi connectivity index (χ0) is 22.2. The van der Waals surface area contributed by atoms with Crippen LogP contribution in [0.5, 0.6) is 5.75 Å². The van der Waals surface area contributed by atoms with Crippen molar-refractivity contribution in [3.05, 3.63) is 53.8 Å². The van der Waals surface area contributed by atoms with E-state index in [9.17, 15) is 18.8 Å². The molecule has 2 aromatic rings. The summed E-state index contributed by atoms with van der Waals surface area (Å²) in [5.41, 5.74) is 0.0465. The largest absolute Gasteiger partial charge is 0.494 e. The number of hydrogen-bond donors (Lipinski definition) is 1. The molecule has 7 nitrogen and oxygen atoms in total. The number of hydrogen-bond acceptors (Lipinski definition) is 5. The van der Waals surface area contributed by atoms with E-state index >= 15 is 0 Å². The summed E-state index contributed by atoms with van der Waals surface area (Å²) in [4.78, 5) is 44.1. The van der Waals surface area contributed by atoms with Gasteiger partial charge in [0.2, 0.25) is 17.7 Å². The van der Waals surface area contributed by atoms with Gasteiger partial charge < -0.3 is 10.1 Å². The van der Waals surface area contributed by atoms with Gasteiger partial charge in [0.1, 0.15) is 17.1 Å². The first-order valence-electron chi connectivity index (χ1n) is 11.0. The highest BCUT2D eigenvalue weighted by Gasteiger charge is 2.74. The van der Waals surface area contributed by atoms with E-state index in [1.165, 1.54) is 23.1 Å². The van der Waals surface area contributed by atoms with Gasteiger partial charge in [-0.2, -0.15) is 0 Å². The Hall–Kier alpha value is -3.26. The highest BCUT2D eigenvalue weighted by Crippen LogP contribution is 2.60. The lowest BCUT2D eigenvalue weighted by Crippen LogP contribution is -2.54. The van der Waals surface area contributed by atoms with Gasteiger partial charge in [0.05, 0.1) is 24.1 Å².